The summed E-state index contributed by atoms with van der Waals surface area (Å²) in [6.07, 6.45) is 1.57. The van der Waals surface area contributed by atoms with E-state index in [2.05, 4.69) is 22.1 Å². The number of hydrogen-bond donors (Lipinski definition) is 1. The Morgan fingerprint density at radius 3 is 2.90 bits per heavy atom. The third-order valence-corrected chi connectivity index (χ3v) is 2.02. The van der Waals surface area contributed by atoms with Crippen molar-refractivity contribution in [2.75, 3.05) is 6.54 Å². The highest BCUT2D eigenvalue weighted by molar-refractivity contribution is 5.67. The minimum absolute atomic E-state index is 0.403. The Kier molecular flexibility index (Phi) is 5.56. The van der Waals surface area contributed by atoms with Crippen LogP contribution in [0.3, 0.4) is 0 Å². The summed E-state index contributed by atoms with van der Waals surface area (Å²) in [5.74, 6) is 5.72. The second-order valence-corrected chi connectivity index (χ2v) is 5.02. The number of pyridine rings is 1. The fourth-order valence-corrected chi connectivity index (χ4v) is 1.26. The second-order valence-electron chi connectivity index (χ2n) is 5.02. The number of amides is 1. The fraction of sp³-hybridized carbons (Fsp3) is 0.400. The lowest BCUT2D eigenvalue weighted by Gasteiger charge is -2.19. The molecule has 0 aliphatic carbocycles. The fourth-order valence-electron chi connectivity index (χ4n) is 1.26. The van der Waals surface area contributed by atoms with E-state index in [0.29, 0.717) is 24.2 Å². The molecule has 0 aliphatic rings. The van der Waals surface area contributed by atoms with Crippen LogP contribution in [-0.2, 0) is 4.74 Å². The first-order chi connectivity index (χ1) is 9.40. The van der Waals surface area contributed by atoms with E-state index in [1.54, 1.807) is 39.1 Å². The van der Waals surface area contributed by atoms with Gasteiger partial charge in [-0.2, -0.15) is 5.26 Å². The Balaban J connectivity index is 2.37. The van der Waals surface area contributed by atoms with Crippen molar-refractivity contribution in [2.24, 2.45) is 0 Å². The van der Waals surface area contributed by atoms with E-state index in [9.17, 15) is 4.79 Å². The molecule has 1 rings (SSSR count). The zero-order chi connectivity index (χ0) is 15.0. The van der Waals surface area contributed by atoms with E-state index in [0.717, 1.165) is 0 Å². The minimum Gasteiger partial charge on any atom is -0.444 e. The first kappa shape index (κ1) is 15.5. The Labute approximate surface area is 119 Å². The molecule has 0 aliphatic heterocycles. The van der Waals surface area contributed by atoms with Gasteiger partial charge in [0, 0.05) is 19.2 Å². The van der Waals surface area contributed by atoms with Crippen LogP contribution in [-0.4, -0.2) is 23.2 Å². The lowest BCUT2D eigenvalue weighted by molar-refractivity contribution is 0.0529. The monoisotopic (exact) mass is 271 g/mol. The van der Waals surface area contributed by atoms with Gasteiger partial charge in [-0.3, -0.25) is 0 Å². The molecule has 0 saturated heterocycles. The lowest BCUT2D eigenvalue weighted by atomic mass is 10.2. The van der Waals surface area contributed by atoms with Crippen molar-refractivity contribution < 1.29 is 9.53 Å². The molecule has 1 aromatic rings. The van der Waals surface area contributed by atoms with E-state index in [1.165, 1.54) is 0 Å². The van der Waals surface area contributed by atoms with Crippen LogP contribution < -0.4 is 5.32 Å². The maximum absolute atomic E-state index is 11.3. The molecule has 0 fully saturated rings. The molecular weight excluding hydrogens is 254 g/mol. The molecule has 1 amide bonds. The summed E-state index contributed by atoms with van der Waals surface area (Å²) in [5, 5.41) is 11.3. The third kappa shape index (κ3) is 6.42. The standard InChI is InChI=1S/C15H17N3O2/c1-15(2,3)20-14(19)18-8-5-4-6-13-10-12(11-16)7-9-17-13/h7,9-10H,5,8H2,1-3H3,(H,18,19). The van der Waals surface area contributed by atoms with Gasteiger partial charge in [-0.25, -0.2) is 9.78 Å². The van der Waals surface area contributed by atoms with Crippen molar-refractivity contribution in [2.45, 2.75) is 32.8 Å². The summed E-state index contributed by atoms with van der Waals surface area (Å²) >= 11 is 0. The Bertz CT molecular complexity index is 571. The smallest absolute Gasteiger partial charge is 0.407 e. The zero-order valence-electron chi connectivity index (χ0n) is 11.9. The van der Waals surface area contributed by atoms with Gasteiger partial charge in [-0.15, -0.1) is 0 Å². The van der Waals surface area contributed by atoms with Crippen molar-refractivity contribution in [3.63, 3.8) is 0 Å². The molecule has 0 spiro atoms. The van der Waals surface area contributed by atoms with Gasteiger partial charge in [0.25, 0.3) is 0 Å². The molecule has 0 radical (unpaired) electrons. The lowest BCUT2D eigenvalue weighted by Crippen LogP contribution is -2.32. The molecule has 1 aromatic heterocycles. The summed E-state index contributed by atoms with van der Waals surface area (Å²) < 4.78 is 5.09. The van der Waals surface area contributed by atoms with Crippen LogP contribution in [0.4, 0.5) is 4.79 Å². The third-order valence-electron chi connectivity index (χ3n) is 2.02. The summed E-state index contributed by atoms with van der Waals surface area (Å²) in [5.41, 5.74) is 0.565. The van der Waals surface area contributed by atoms with Gasteiger partial charge in [0.15, 0.2) is 0 Å². The minimum atomic E-state index is -0.503. The topological polar surface area (TPSA) is 75.0 Å². The predicted molar refractivity (Wildman–Crippen MR) is 74.7 cm³/mol. The molecule has 20 heavy (non-hydrogen) atoms. The Hall–Kier alpha value is -2.53. The van der Waals surface area contributed by atoms with Crippen LogP contribution in [0.2, 0.25) is 0 Å². The van der Waals surface area contributed by atoms with Gasteiger partial charge in [-0.05, 0) is 38.8 Å². The molecule has 0 aromatic carbocycles. The summed E-state index contributed by atoms with van der Waals surface area (Å²) in [6.45, 7) is 5.82. The summed E-state index contributed by atoms with van der Waals surface area (Å²) in [6, 6.07) is 5.26. The van der Waals surface area contributed by atoms with E-state index in [4.69, 9.17) is 10.00 Å². The average Bonchev–Trinajstić information content (AvgIpc) is 2.36. The van der Waals surface area contributed by atoms with Crippen molar-refractivity contribution in [3.05, 3.63) is 29.6 Å². The molecule has 1 N–H and O–H groups in total. The first-order valence-electron chi connectivity index (χ1n) is 6.22. The van der Waals surface area contributed by atoms with Crippen LogP contribution in [0.25, 0.3) is 0 Å². The van der Waals surface area contributed by atoms with Crippen LogP contribution >= 0.6 is 0 Å². The predicted octanol–water partition coefficient (Wildman–Crippen LogP) is 2.22. The number of alkyl carbamates (subject to hydrolysis) is 1. The number of ether oxygens (including phenoxy) is 1. The van der Waals surface area contributed by atoms with Crippen molar-refractivity contribution in [1.82, 2.24) is 10.3 Å². The molecule has 104 valence electrons. The molecule has 5 heteroatoms. The number of carbonyl (C=O) groups is 1. The maximum Gasteiger partial charge on any atom is 0.407 e. The second kappa shape index (κ2) is 7.16. The number of rotatable bonds is 2. The van der Waals surface area contributed by atoms with Crippen molar-refractivity contribution >= 4 is 6.09 Å². The van der Waals surface area contributed by atoms with Crippen molar-refractivity contribution in [3.8, 4) is 17.9 Å². The Morgan fingerprint density at radius 1 is 1.50 bits per heavy atom. The summed E-state index contributed by atoms with van der Waals surface area (Å²) in [7, 11) is 0. The largest absolute Gasteiger partial charge is 0.444 e. The average molecular weight is 271 g/mol. The van der Waals surface area contributed by atoms with Gasteiger partial charge < -0.3 is 10.1 Å². The normalized spacial score (nSPS) is 9.90. The maximum atomic E-state index is 11.3. The van der Waals surface area contributed by atoms with Gasteiger partial charge in [0.1, 0.15) is 11.3 Å². The van der Waals surface area contributed by atoms with E-state index < -0.39 is 11.7 Å². The quantitative estimate of drug-likeness (QED) is 0.661. The molecule has 0 saturated carbocycles. The number of nitriles is 1. The van der Waals surface area contributed by atoms with E-state index in [1.807, 2.05) is 6.07 Å². The van der Waals surface area contributed by atoms with Gasteiger partial charge >= 0.3 is 6.09 Å². The molecular formula is C15H17N3O2. The Morgan fingerprint density at radius 2 is 2.25 bits per heavy atom. The number of carbonyl (C=O) groups excluding carboxylic acids is 1. The van der Waals surface area contributed by atoms with Gasteiger partial charge in [-0.1, -0.05) is 5.92 Å². The SMILES string of the molecule is CC(C)(C)OC(=O)NCCC#Cc1cc(C#N)ccn1. The number of nitrogens with one attached hydrogen (secondary N) is 1. The molecule has 1 heterocycles. The van der Waals surface area contributed by atoms with Crippen LogP contribution in [0.1, 0.15) is 38.4 Å². The summed E-state index contributed by atoms with van der Waals surface area (Å²) in [4.78, 5) is 15.4. The molecule has 0 bridgehead atoms. The number of nitrogens with zero attached hydrogens (tertiary/aromatic N) is 2. The molecule has 0 unspecified atom stereocenters. The number of aromatic nitrogens is 1. The highest BCUT2D eigenvalue weighted by Gasteiger charge is 2.15. The molecule has 0 atom stereocenters. The van der Waals surface area contributed by atoms with Crippen LogP contribution in [0.15, 0.2) is 18.3 Å². The molecule has 5 nitrogen and oxygen atoms in total. The first-order valence-corrected chi connectivity index (χ1v) is 6.22. The number of hydrogen-bond acceptors (Lipinski definition) is 4. The zero-order valence-corrected chi connectivity index (χ0v) is 11.9. The van der Waals surface area contributed by atoms with Gasteiger partial charge in [0.2, 0.25) is 0 Å². The van der Waals surface area contributed by atoms with Crippen LogP contribution in [0.5, 0.6) is 0 Å². The van der Waals surface area contributed by atoms with Crippen LogP contribution in [0, 0.1) is 23.2 Å². The highest BCUT2D eigenvalue weighted by atomic mass is 16.6. The highest BCUT2D eigenvalue weighted by Crippen LogP contribution is 2.06. The van der Waals surface area contributed by atoms with E-state index >= 15 is 0 Å². The van der Waals surface area contributed by atoms with Gasteiger partial charge in [0.05, 0.1) is 11.6 Å². The van der Waals surface area contributed by atoms with Crippen molar-refractivity contribution in [1.29, 1.82) is 5.26 Å². The van der Waals surface area contributed by atoms with E-state index in [-0.39, 0.29) is 0 Å².